The van der Waals surface area contributed by atoms with Gasteiger partial charge in [0.05, 0.1) is 0 Å². The molecule has 0 aromatic carbocycles. The fourth-order valence-corrected chi connectivity index (χ4v) is 2.37. The minimum atomic E-state index is -0.983. The zero-order chi connectivity index (χ0) is 14.5. The topological polar surface area (TPSA) is 81.7 Å². The Hall–Kier alpha value is -1.30. The number of aliphatic carboxylic acids is 1. The van der Waals surface area contributed by atoms with Crippen molar-refractivity contribution in [3.8, 4) is 0 Å². The SMILES string of the molecule is CCC[C@H](NC(=O)NCC1(N(C)C)CCC1)C(=O)O. The standard InChI is InChI=1S/C13H25N3O3/c1-4-6-10(11(17)18)15-12(19)14-9-13(16(2)3)7-5-8-13/h10H,4-9H2,1-3H3,(H,17,18)(H2,14,15,19)/t10-/m0/s1. The number of nitrogens with zero attached hydrogens (tertiary/aromatic N) is 1. The third kappa shape index (κ3) is 4.09. The van der Waals surface area contributed by atoms with E-state index in [1.807, 2.05) is 21.0 Å². The van der Waals surface area contributed by atoms with Crippen molar-refractivity contribution in [1.82, 2.24) is 15.5 Å². The highest BCUT2D eigenvalue weighted by Gasteiger charge is 2.39. The molecule has 1 atom stereocenters. The van der Waals surface area contributed by atoms with Gasteiger partial charge in [0.25, 0.3) is 0 Å². The highest BCUT2D eigenvalue weighted by molar-refractivity contribution is 5.82. The van der Waals surface area contributed by atoms with Crippen LogP contribution in [0.2, 0.25) is 0 Å². The van der Waals surface area contributed by atoms with Crippen molar-refractivity contribution >= 4 is 12.0 Å². The normalized spacial score (nSPS) is 18.5. The Bertz CT molecular complexity index is 327. The van der Waals surface area contributed by atoms with Crippen molar-refractivity contribution in [3.05, 3.63) is 0 Å². The van der Waals surface area contributed by atoms with E-state index in [9.17, 15) is 9.59 Å². The zero-order valence-corrected chi connectivity index (χ0v) is 12.0. The maximum atomic E-state index is 11.7. The lowest BCUT2D eigenvalue weighted by Crippen LogP contribution is -2.59. The molecular weight excluding hydrogens is 246 g/mol. The van der Waals surface area contributed by atoms with Crippen molar-refractivity contribution in [2.45, 2.75) is 50.6 Å². The molecular formula is C13H25N3O3. The summed E-state index contributed by atoms with van der Waals surface area (Å²) in [6, 6.07) is -1.20. The Morgan fingerprint density at radius 2 is 2.00 bits per heavy atom. The number of carbonyl (C=O) groups is 2. The second-order valence-corrected chi connectivity index (χ2v) is 5.48. The van der Waals surface area contributed by atoms with E-state index >= 15 is 0 Å². The molecule has 0 heterocycles. The third-order valence-electron chi connectivity index (χ3n) is 3.99. The number of carboxylic acid groups (broad SMARTS) is 1. The van der Waals surface area contributed by atoms with E-state index < -0.39 is 18.0 Å². The average molecular weight is 271 g/mol. The molecule has 0 unspecified atom stereocenters. The number of carbonyl (C=O) groups excluding carboxylic acids is 1. The van der Waals surface area contributed by atoms with Gasteiger partial charge in [0.1, 0.15) is 6.04 Å². The molecule has 1 aliphatic rings. The van der Waals surface area contributed by atoms with Crippen molar-refractivity contribution in [3.63, 3.8) is 0 Å². The predicted molar refractivity (Wildman–Crippen MR) is 73.1 cm³/mol. The van der Waals surface area contributed by atoms with Gasteiger partial charge in [-0.3, -0.25) is 0 Å². The Kier molecular flexibility index (Phi) is 5.60. The van der Waals surface area contributed by atoms with Gasteiger partial charge in [-0.25, -0.2) is 9.59 Å². The molecule has 0 saturated heterocycles. The number of amides is 2. The van der Waals surface area contributed by atoms with Crippen molar-refractivity contribution in [1.29, 1.82) is 0 Å². The van der Waals surface area contributed by atoms with E-state index in [1.165, 1.54) is 6.42 Å². The largest absolute Gasteiger partial charge is 0.480 e. The summed E-state index contributed by atoms with van der Waals surface area (Å²) in [6.07, 6.45) is 4.48. The summed E-state index contributed by atoms with van der Waals surface area (Å²) in [6.45, 7) is 2.45. The van der Waals surface area contributed by atoms with Crippen molar-refractivity contribution < 1.29 is 14.7 Å². The first-order chi connectivity index (χ1) is 8.91. The maximum absolute atomic E-state index is 11.7. The van der Waals surface area contributed by atoms with Crippen LogP contribution in [0.1, 0.15) is 39.0 Å². The van der Waals surface area contributed by atoms with Crippen LogP contribution in [0.5, 0.6) is 0 Å². The second kappa shape index (κ2) is 6.75. The molecule has 0 radical (unpaired) electrons. The maximum Gasteiger partial charge on any atom is 0.326 e. The van der Waals surface area contributed by atoms with Gasteiger partial charge < -0.3 is 20.6 Å². The molecule has 6 heteroatoms. The monoisotopic (exact) mass is 271 g/mol. The fourth-order valence-electron chi connectivity index (χ4n) is 2.37. The van der Waals surface area contributed by atoms with Gasteiger partial charge in [0.15, 0.2) is 0 Å². The van der Waals surface area contributed by atoms with Crippen molar-refractivity contribution in [2.75, 3.05) is 20.6 Å². The van der Waals surface area contributed by atoms with Gasteiger partial charge in [-0.05, 0) is 39.8 Å². The van der Waals surface area contributed by atoms with E-state index in [0.29, 0.717) is 13.0 Å². The lowest BCUT2D eigenvalue weighted by molar-refractivity contribution is -0.139. The summed E-state index contributed by atoms with van der Waals surface area (Å²) in [5, 5.41) is 14.3. The average Bonchev–Trinajstić information content (AvgIpc) is 2.26. The molecule has 0 aliphatic heterocycles. The molecule has 0 aromatic heterocycles. The smallest absolute Gasteiger partial charge is 0.326 e. The fraction of sp³-hybridized carbons (Fsp3) is 0.846. The van der Waals surface area contributed by atoms with Crippen LogP contribution in [0.25, 0.3) is 0 Å². The van der Waals surface area contributed by atoms with Gasteiger partial charge in [-0.15, -0.1) is 0 Å². The number of hydrogen-bond acceptors (Lipinski definition) is 3. The van der Waals surface area contributed by atoms with Crippen LogP contribution in [0.15, 0.2) is 0 Å². The lowest BCUT2D eigenvalue weighted by Gasteiger charge is -2.47. The summed E-state index contributed by atoms with van der Waals surface area (Å²) in [5.74, 6) is -0.983. The van der Waals surface area contributed by atoms with Gasteiger partial charge in [-0.2, -0.15) is 0 Å². The van der Waals surface area contributed by atoms with Gasteiger partial charge in [0.2, 0.25) is 0 Å². The van der Waals surface area contributed by atoms with Gasteiger partial charge in [-0.1, -0.05) is 13.3 Å². The summed E-state index contributed by atoms with van der Waals surface area (Å²) in [4.78, 5) is 24.8. The number of likely N-dealkylation sites (N-methyl/N-ethyl adjacent to an activating group) is 1. The van der Waals surface area contributed by atoms with Crippen LogP contribution in [-0.2, 0) is 4.79 Å². The van der Waals surface area contributed by atoms with Crippen LogP contribution in [0.3, 0.4) is 0 Å². The highest BCUT2D eigenvalue weighted by Crippen LogP contribution is 2.35. The summed E-state index contributed by atoms with van der Waals surface area (Å²) in [5.41, 5.74) is 0.0425. The van der Waals surface area contributed by atoms with Crippen molar-refractivity contribution in [2.24, 2.45) is 0 Å². The number of urea groups is 1. The van der Waals surface area contributed by atoms with E-state index in [4.69, 9.17) is 5.11 Å². The van der Waals surface area contributed by atoms with E-state index in [0.717, 1.165) is 19.3 Å². The molecule has 6 nitrogen and oxygen atoms in total. The molecule has 1 saturated carbocycles. The molecule has 19 heavy (non-hydrogen) atoms. The first-order valence-corrected chi connectivity index (χ1v) is 6.86. The van der Waals surface area contributed by atoms with E-state index in [-0.39, 0.29) is 5.54 Å². The first-order valence-electron chi connectivity index (χ1n) is 6.86. The Labute approximate surface area is 114 Å². The molecule has 3 N–H and O–H groups in total. The first kappa shape index (κ1) is 15.8. The number of hydrogen-bond donors (Lipinski definition) is 3. The number of carboxylic acids is 1. The zero-order valence-electron chi connectivity index (χ0n) is 12.0. The molecule has 0 aromatic rings. The quantitative estimate of drug-likeness (QED) is 0.646. The Morgan fingerprint density at radius 1 is 1.37 bits per heavy atom. The summed E-state index contributed by atoms with van der Waals surface area (Å²) >= 11 is 0. The summed E-state index contributed by atoms with van der Waals surface area (Å²) < 4.78 is 0. The third-order valence-corrected chi connectivity index (χ3v) is 3.99. The number of rotatable bonds is 7. The van der Waals surface area contributed by atoms with Crippen LogP contribution in [-0.4, -0.2) is 54.2 Å². The lowest BCUT2D eigenvalue weighted by atomic mass is 9.75. The van der Waals surface area contributed by atoms with Gasteiger partial charge >= 0.3 is 12.0 Å². The molecule has 1 rings (SSSR count). The second-order valence-electron chi connectivity index (χ2n) is 5.48. The van der Waals surface area contributed by atoms with Crippen LogP contribution in [0, 0.1) is 0 Å². The number of nitrogens with one attached hydrogen (secondary N) is 2. The minimum absolute atomic E-state index is 0.0425. The van der Waals surface area contributed by atoms with Crippen LogP contribution >= 0.6 is 0 Å². The minimum Gasteiger partial charge on any atom is -0.480 e. The van der Waals surface area contributed by atoms with Crippen LogP contribution in [0.4, 0.5) is 4.79 Å². The van der Waals surface area contributed by atoms with Gasteiger partial charge in [0, 0.05) is 12.1 Å². The molecule has 1 fully saturated rings. The molecule has 0 bridgehead atoms. The predicted octanol–water partition coefficient (Wildman–Crippen LogP) is 1.02. The molecule has 2 amide bonds. The molecule has 1 aliphatic carbocycles. The Balaban J connectivity index is 2.40. The molecule has 0 spiro atoms. The van der Waals surface area contributed by atoms with Crippen LogP contribution < -0.4 is 10.6 Å². The highest BCUT2D eigenvalue weighted by atomic mass is 16.4. The van der Waals surface area contributed by atoms with E-state index in [1.54, 1.807) is 0 Å². The summed E-state index contributed by atoms with van der Waals surface area (Å²) in [7, 11) is 4.02. The molecule has 110 valence electrons. The van der Waals surface area contributed by atoms with E-state index in [2.05, 4.69) is 15.5 Å². The Morgan fingerprint density at radius 3 is 2.37 bits per heavy atom.